The molecule has 42 heavy (non-hydrogen) atoms. The van der Waals surface area contributed by atoms with E-state index in [2.05, 4.69) is 24.3 Å². The molecule has 0 saturated carbocycles. The van der Waals surface area contributed by atoms with Crippen molar-refractivity contribution in [3.63, 3.8) is 0 Å². The van der Waals surface area contributed by atoms with E-state index in [1.54, 1.807) is 6.07 Å². The normalized spacial score (nSPS) is 11.3. The molecule has 0 N–H and O–H groups in total. The van der Waals surface area contributed by atoms with E-state index in [1.165, 1.54) is 0 Å². The molecule has 0 atom stereocenters. The smallest absolute Gasteiger partial charge is 0.143 e. The number of rotatable bonds is 3. The standard InChI is InChI=1S/C38H20N2O2/c39-21-23-7-5-8-24(17-23)26-18-32(25-15-16-29-27-9-1-3-13-35(27)41-37(29)20-25)34(22-40)33(19-26)31-12-6-11-30-28-10-2-4-14-36(28)42-38(30)31/h1-20H. The molecule has 8 rings (SSSR count). The number of para-hydroxylation sites is 3. The molecular weight excluding hydrogens is 516 g/mol. The van der Waals surface area contributed by atoms with Gasteiger partial charge in [-0.15, -0.1) is 0 Å². The quantitative estimate of drug-likeness (QED) is 0.225. The summed E-state index contributed by atoms with van der Waals surface area (Å²) < 4.78 is 12.6. The van der Waals surface area contributed by atoms with Gasteiger partial charge < -0.3 is 8.83 Å². The summed E-state index contributed by atoms with van der Waals surface area (Å²) in [5.74, 6) is 0. The van der Waals surface area contributed by atoms with E-state index < -0.39 is 0 Å². The predicted octanol–water partition coefficient (Wildman–Crippen LogP) is 10.2. The highest BCUT2D eigenvalue weighted by atomic mass is 16.3. The Morgan fingerprint density at radius 1 is 0.429 bits per heavy atom. The average Bonchev–Trinajstić information content (AvgIpc) is 3.62. The van der Waals surface area contributed by atoms with Crippen molar-refractivity contribution in [3.8, 4) is 45.5 Å². The monoisotopic (exact) mass is 536 g/mol. The van der Waals surface area contributed by atoms with Crippen LogP contribution in [0.3, 0.4) is 0 Å². The van der Waals surface area contributed by atoms with Crippen molar-refractivity contribution < 1.29 is 8.83 Å². The Bertz CT molecular complexity index is 2450. The second-order valence-electron chi connectivity index (χ2n) is 10.3. The highest BCUT2D eigenvalue weighted by Gasteiger charge is 2.20. The average molecular weight is 537 g/mol. The van der Waals surface area contributed by atoms with Gasteiger partial charge in [0, 0.05) is 38.2 Å². The lowest BCUT2D eigenvalue weighted by Gasteiger charge is -2.15. The predicted molar refractivity (Wildman–Crippen MR) is 167 cm³/mol. The fraction of sp³-hybridized carbons (Fsp3) is 0. The van der Waals surface area contributed by atoms with Gasteiger partial charge in [0.25, 0.3) is 0 Å². The fourth-order valence-corrected chi connectivity index (χ4v) is 5.99. The molecule has 6 aromatic carbocycles. The van der Waals surface area contributed by atoms with Crippen LogP contribution < -0.4 is 0 Å². The maximum Gasteiger partial charge on any atom is 0.143 e. The Balaban J connectivity index is 1.44. The van der Waals surface area contributed by atoms with Crippen LogP contribution in [0.4, 0.5) is 0 Å². The molecule has 4 heteroatoms. The summed E-state index contributed by atoms with van der Waals surface area (Å²) in [6, 6.07) is 44.5. The topological polar surface area (TPSA) is 73.9 Å². The van der Waals surface area contributed by atoms with Crippen LogP contribution in [-0.2, 0) is 0 Å². The van der Waals surface area contributed by atoms with Gasteiger partial charge in [-0.1, -0.05) is 72.8 Å². The first-order valence-electron chi connectivity index (χ1n) is 13.6. The SMILES string of the molecule is N#Cc1cccc(-c2cc(-c3ccc4c(c3)oc3ccccc34)c(C#N)c(-c3cccc4c3oc3ccccc34)c2)c1. The molecule has 194 valence electrons. The highest BCUT2D eigenvalue weighted by molar-refractivity contribution is 6.11. The van der Waals surface area contributed by atoms with Crippen LogP contribution in [0.1, 0.15) is 11.1 Å². The van der Waals surface area contributed by atoms with Crippen LogP contribution >= 0.6 is 0 Å². The minimum atomic E-state index is 0.540. The van der Waals surface area contributed by atoms with E-state index in [9.17, 15) is 10.5 Å². The molecule has 0 fully saturated rings. The van der Waals surface area contributed by atoms with Crippen molar-refractivity contribution in [2.75, 3.05) is 0 Å². The minimum Gasteiger partial charge on any atom is -0.456 e. The van der Waals surface area contributed by atoms with Gasteiger partial charge in [0.2, 0.25) is 0 Å². The summed E-state index contributed by atoms with van der Waals surface area (Å²) in [6.45, 7) is 0. The van der Waals surface area contributed by atoms with Gasteiger partial charge in [0.1, 0.15) is 28.4 Å². The van der Waals surface area contributed by atoms with Crippen LogP contribution in [0, 0.1) is 22.7 Å². The highest BCUT2D eigenvalue weighted by Crippen LogP contribution is 2.42. The van der Waals surface area contributed by atoms with Gasteiger partial charge in [0.05, 0.1) is 17.2 Å². The maximum absolute atomic E-state index is 10.7. The van der Waals surface area contributed by atoms with Gasteiger partial charge in [-0.05, 0) is 65.2 Å². The maximum atomic E-state index is 10.7. The zero-order valence-corrected chi connectivity index (χ0v) is 22.3. The zero-order valence-electron chi connectivity index (χ0n) is 22.3. The number of nitrogens with zero attached hydrogens (tertiary/aromatic N) is 2. The lowest BCUT2D eigenvalue weighted by Crippen LogP contribution is -1.93. The van der Waals surface area contributed by atoms with Crippen LogP contribution in [-0.4, -0.2) is 0 Å². The second-order valence-corrected chi connectivity index (χ2v) is 10.3. The fourth-order valence-electron chi connectivity index (χ4n) is 5.99. The Morgan fingerprint density at radius 3 is 1.93 bits per heavy atom. The van der Waals surface area contributed by atoms with Crippen molar-refractivity contribution in [2.24, 2.45) is 0 Å². The van der Waals surface area contributed by atoms with Gasteiger partial charge >= 0.3 is 0 Å². The third kappa shape index (κ3) is 3.60. The summed E-state index contributed by atoms with van der Waals surface area (Å²) in [4.78, 5) is 0. The lowest BCUT2D eigenvalue weighted by molar-refractivity contribution is 0.669. The molecule has 0 spiro atoms. The zero-order chi connectivity index (χ0) is 28.2. The van der Waals surface area contributed by atoms with E-state index in [0.717, 1.165) is 77.3 Å². The third-order valence-electron chi connectivity index (χ3n) is 7.96. The van der Waals surface area contributed by atoms with Crippen LogP contribution in [0.25, 0.3) is 77.3 Å². The first kappa shape index (κ1) is 23.8. The van der Waals surface area contributed by atoms with Gasteiger partial charge in [0.15, 0.2) is 0 Å². The second kappa shape index (κ2) is 9.24. The number of hydrogen-bond donors (Lipinski definition) is 0. The summed E-state index contributed by atoms with van der Waals surface area (Å²) in [5, 5.41) is 24.4. The largest absolute Gasteiger partial charge is 0.456 e. The first-order valence-corrected chi connectivity index (χ1v) is 13.6. The molecular formula is C38H20N2O2. The Hall–Kier alpha value is -6.10. The number of furan rings is 2. The van der Waals surface area contributed by atoms with E-state index in [0.29, 0.717) is 11.1 Å². The summed E-state index contributed by atoms with van der Waals surface area (Å²) in [5.41, 5.74) is 9.27. The molecule has 0 aliphatic rings. The Labute approximate surface area is 240 Å². The third-order valence-corrected chi connectivity index (χ3v) is 7.96. The molecule has 0 bridgehead atoms. The van der Waals surface area contributed by atoms with Gasteiger partial charge in [-0.2, -0.15) is 10.5 Å². The number of hydrogen-bond acceptors (Lipinski definition) is 4. The van der Waals surface area contributed by atoms with E-state index in [1.807, 2.05) is 103 Å². The van der Waals surface area contributed by atoms with E-state index in [4.69, 9.17) is 8.83 Å². The Morgan fingerprint density at radius 2 is 1.12 bits per heavy atom. The number of nitriles is 2. The molecule has 0 saturated heterocycles. The molecule has 0 aliphatic carbocycles. The number of benzene rings is 6. The summed E-state index contributed by atoms with van der Waals surface area (Å²) >= 11 is 0. The molecule has 0 aliphatic heterocycles. The van der Waals surface area contributed by atoms with E-state index >= 15 is 0 Å². The molecule has 4 nitrogen and oxygen atoms in total. The molecule has 8 aromatic rings. The molecule has 2 heterocycles. The lowest BCUT2D eigenvalue weighted by atomic mass is 9.87. The molecule has 2 aromatic heterocycles. The van der Waals surface area contributed by atoms with Crippen molar-refractivity contribution in [1.82, 2.24) is 0 Å². The van der Waals surface area contributed by atoms with Crippen molar-refractivity contribution >= 4 is 43.9 Å². The van der Waals surface area contributed by atoms with Crippen LogP contribution in [0.15, 0.2) is 130 Å². The minimum absolute atomic E-state index is 0.540. The van der Waals surface area contributed by atoms with E-state index in [-0.39, 0.29) is 0 Å². The Kier molecular flexibility index (Phi) is 5.22. The van der Waals surface area contributed by atoms with Crippen molar-refractivity contribution in [2.45, 2.75) is 0 Å². The summed E-state index contributed by atoms with van der Waals surface area (Å²) in [6.07, 6.45) is 0. The molecule has 0 unspecified atom stereocenters. The molecule has 0 amide bonds. The number of fused-ring (bicyclic) bond motifs is 6. The van der Waals surface area contributed by atoms with Gasteiger partial charge in [-0.3, -0.25) is 0 Å². The summed E-state index contributed by atoms with van der Waals surface area (Å²) in [7, 11) is 0. The van der Waals surface area contributed by atoms with Crippen LogP contribution in [0.5, 0.6) is 0 Å². The molecule has 0 radical (unpaired) electrons. The van der Waals surface area contributed by atoms with Crippen molar-refractivity contribution in [3.05, 3.63) is 132 Å². The van der Waals surface area contributed by atoms with Crippen molar-refractivity contribution in [1.29, 1.82) is 10.5 Å². The van der Waals surface area contributed by atoms with Crippen LogP contribution in [0.2, 0.25) is 0 Å². The first-order chi connectivity index (χ1) is 20.7. The van der Waals surface area contributed by atoms with Gasteiger partial charge in [-0.25, -0.2) is 0 Å².